The number of ether oxygens (including phenoxy) is 2. The monoisotopic (exact) mass is 249 g/mol. The summed E-state index contributed by atoms with van der Waals surface area (Å²) in [5.41, 5.74) is 1.66. The van der Waals surface area contributed by atoms with Gasteiger partial charge in [-0.2, -0.15) is 0 Å². The topological polar surface area (TPSA) is 48.4 Å². The lowest BCUT2D eigenvalue weighted by atomic mass is 10.1. The molecule has 0 radical (unpaired) electrons. The Labute approximate surface area is 108 Å². The van der Waals surface area contributed by atoms with Gasteiger partial charge in [-0.1, -0.05) is 12.6 Å². The number of aryl methyl sites for hydroxylation is 1. The van der Waals surface area contributed by atoms with E-state index in [1.807, 2.05) is 19.1 Å². The lowest BCUT2D eigenvalue weighted by molar-refractivity contribution is -0.143. The van der Waals surface area contributed by atoms with E-state index in [2.05, 4.69) is 11.6 Å². The first-order valence-corrected chi connectivity index (χ1v) is 6.10. The van der Waals surface area contributed by atoms with Crippen molar-refractivity contribution in [3.05, 3.63) is 36.2 Å². The van der Waals surface area contributed by atoms with Crippen molar-refractivity contribution in [2.75, 3.05) is 13.2 Å². The van der Waals surface area contributed by atoms with Crippen LogP contribution in [0.3, 0.4) is 0 Å². The predicted octanol–water partition coefficient (Wildman–Crippen LogP) is 2.58. The molecule has 0 saturated heterocycles. The molecule has 0 bridgehead atoms. The van der Waals surface area contributed by atoms with Gasteiger partial charge in [0.25, 0.3) is 0 Å². The van der Waals surface area contributed by atoms with Crippen LogP contribution in [0.4, 0.5) is 0 Å². The van der Waals surface area contributed by atoms with Crippen LogP contribution in [-0.4, -0.2) is 24.2 Å². The largest absolute Gasteiger partial charge is 0.492 e. The van der Waals surface area contributed by atoms with Crippen LogP contribution in [0.1, 0.15) is 31.5 Å². The number of esters is 1. The molecule has 1 aromatic heterocycles. The van der Waals surface area contributed by atoms with Crippen molar-refractivity contribution in [1.82, 2.24) is 4.98 Å². The number of nitrogens with zero attached hydrogens (tertiary/aromatic N) is 1. The van der Waals surface area contributed by atoms with Crippen molar-refractivity contribution < 1.29 is 14.3 Å². The van der Waals surface area contributed by atoms with E-state index in [1.54, 1.807) is 13.1 Å². The third-order valence-corrected chi connectivity index (χ3v) is 2.38. The molecule has 0 N–H and O–H groups in total. The Bertz CT molecular complexity index is 415. The third kappa shape index (κ3) is 4.20. The number of hydrogen-bond acceptors (Lipinski definition) is 4. The van der Waals surface area contributed by atoms with Gasteiger partial charge in [-0.05, 0) is 31.9 Å². The van der Waals surface area contributed by atoms with E-state index in [0.29, 0.717) is 37.5 Å². The predicted molar refractivity (Wildman–Crippen MR) is 69.9 cm³/mol. The Kier molecular flexibility index (Phi) is 5.91. The standard InChI is InChI=1S/C14H19NO3/c1-4-17-11(3)14-12(7-6-10-15-14)8-9-13(16)18-5-2/h6-7,10H,3-5,8-9H2,1-2H3. The number of aromatic nitrogens is 1. The zero-order valence-corrected chi connectivity index (χ0v) is 10.9. The van der Waals surface area contributed by atoms with Crippen molar-refractivity contribution in [1.29, 1.82) is 0 Å². The summed E-state index contributed by atoms with van der Waals surface area (Å²) in [7, 11) is 0. The SMILES string of the molecule is C=C(OCC)c1ncccc1CCC(=O)OCC. The maximum atomic E-state index is 11.3. The molecule has 0 aliphatic heterocycles. The first-order chi connectivity index (χ1) is 8.69. The molecule has 4 heteroatoms. The van der Waals surface area contributed by atoms with Crippen LogP contribution in [0.2, 0.25) is 0 Å². The summed E-state index contributed by atoms with van der Waals surface area (Å²) >= 11 is 0. The van der Waals surface area contributed by atoms with Crippen LogP contribution in [0.15, 0.2) is 24.9 Å². The van der Waals surface area contributed by atoms with Gasteiger partial charge in [0.1, 0.15) is 11.5 Å². The maximum absolute atomic E-state index is 11.3. The summed E-state index contributed by atoms with van der Waals surface area (Å²) in [5, 5.41) is 0. The van der Waals surface area contributed by atoms with Gasteiger partial charge in [0.2, 0.25) is 0 Å². The minimum absolute atomic E-state index is 0.200. The molecular weight excluding hydrogens is 230 g/mol. The van der Waals surface area contributed by atoms with E-state index >= 15 is 0 Å². The molecule has 1 aromatic rings. The summed E-state index contributed by atoms with van der Waals surface area (Å²) in [6, 6.07) is 3.76. The average molecular weight is 249 g/mol. The second-order valence-electron chi connectivity index (χ2n) is 3.67. The first-order valence-electron chi connectivity index (χ1n) is 6.10. The van der Waals surface area contributed by atoms with Crippen LogP contribution in [0.25, 0.3) is 5.76 Å². The van der Waals surface area contributed by atoms with E-state index in [1.165, 1.54) is 0 Å². The van der Waals surface area contributed by atoms with Crippen molar-refractivity contribution in [2.24, 2.45) is 0 Å². The van der Waals surface area contributed by atoms with Gasteiger partial charge in [0, 0.05) is 12.6 Å². The molecule has 0 spiro atoms. The summed E-state index contributed by atoms with van der Waals surface area (Å²) in [4.78, 5) is 15.6. The Morgan fingerprint density at radius 1 is 1.33 bits per heavy atom. The van der Waals surface area contributed by atoms with E-state index in [-0.39, 0.29) is 5.97 Å². The minimum Gasteiger partial charge on any atom is -0.492 e. The van der Waals surface area contributed by atoms with Crippen molar-refractivity contribution in [3.8, 4) is 0 Å². The van der Waals surface area contributed by atoms with Crippen LogP contribution in [0, 0.1) is 0 Å². The van der Waals surface area contributed by atoms with Crippen molar-refractivity contribution in [2.45, 2.75) is 26.7 Å². The number of carbonyl (C=O) groups excluding carboxylic acids is 1. The number of rotatable bonds is 7. The molecule has 0 aliphatic rings. The van der Waals surface area contributed by atoms with Gasteiger partial charge in [-0.3, -0.25) is 9.78 Å². The van der Waals surface area contributed by atoms with Gasteiger partial charge in [0.05, 0.1) is 13.2 Å². The number of hydrogen-bond donors (Lipinski definition) is 0. The fraction of sp³-hybridized carbons (Fsp3) is 0.429. The molecule has 1 heterocycles. The van der Waals surface area contributed by atoms with Crippen LogP contribution >= 0.6 is 0 Å². The molecule has 98 valence electrons. The Hall–Kier alpha value is -1.84. The van der Waals surface area contributed by atoms with Crippen LogP contribution < -0.4 is 0 Å². The molecule has 18 heavy (non-hydrogen) atoms. The minimum atomic E-state index is -0.200. The Morgan fingerprint density at radius 2 is 2.06 bits per heavy atom. The highest BCUT2D eigenvalue weighted by atomic mass is 16.5. The Morgan fingerprint density at radius 3 is 2.72 bits per heavy atom. The van der Waals surface area contributed by atoms with Crippen LogP contribution in [0.5, 0.6) is 0 Å². The van der Waals surface area contributed by atoms with E-state index < -0.39 is 0 Å². The third-order valence-electron chi connectivity index (χ3n) is 2.38. The fourth-order valence-corrected chi connectivity index (χ4v) is 1.60. The second-order valence-corrected chi connectivity index (χ2v) is 3.67. The summed E-state index contributed by atoms with van der Waals surface area (Å²) in [5.74, 6) is 0.339. The zero-order valence-electron chi connectivity index (χ0n) is 10.9. The van der Waals surface area contributed by atoms with Gasteiger partial charge in [0.15, 0.2) is 0 Å². The summed E-state index contributed by atoms with van der Waals surface area (Å²) in [6.07, 6.45) is 2.60. The maximum Gasteiger partial charge on any atom is 0.306 e. The molecular formula is C14H19NO3. The normalized spacial score (nSPS) is 9.89. The Balaban J connectivity index is 2.70. The molecule has 0 atom stereocenters. The lowest BCUT2D eigenvalue weighted by Crippen LogP contribution is -2.07. The average Bonchev–Trinajstić information content (AvgIpc) is 2.37. The van der Waals surface area contributed by atoms with Gasteiger partial charge in [-0.15, -0.1) is 0 Å². The first kappa shape index (κ1) is 14.2. The smallest absolute Gasteiger partial charge is 0.306 e. The molecule has 0 aliphatic carbocycles. The molecule has 1 rings (SSSR count). The number of pyridine rings is 1. The van der Waals surface area contributed by atoms with Gasteiger partial charge < -0.3 is 9.47 Å². The quantitative estimate of drug-likeness (QED) is 0.550. The van der Waals surface area contributed by atoms with Crippen LogP contribution in [-0.2, 0) is 20.7 Å². The molecule has 0 unspecified atom stereocenters. The highest BCUT2D eigenvalue weighted by Gasteiger charge is 2.10. The molecule has 0 amide bonds. The molecule has 4 nitrogen and oxygen atoms in total. The fourth-order valence-electron chi connectivity index (χ4n) is 1.60. The molecule has 0 aromatic carbocycles. The van der Waals surface area contributed by atoms with E-state index in [4.69, 9.17) is 9.47 Å². The van der Waals surface area contributed by atoms with E-state index in [0.717, 1.165) is 5.56 Å². The summed E-state index contributed by atoms with van der Waals surface area (Å²) in [6.45, 7) is 8.48. The van der Waals surface area contributed by atoms with Gasteiger partial charge >= 0.3 is 5.97 Å². The zero-order chi connectivity index (χ0) is 13.4. The number of carbonyl (C=O) groups is 1. The second kappa shape index (κ2) is 7.48. The highest BCUT2D eigenvalue weighted by Crippen LogP contribution is 2.17. The van der Waals surface area contributed by atoms with Crippen molar-refractivity contribution >= 4 is 11.7 Å². The summed E-state index contributed by atoms with van der Waals surface area (Å²) < 4.78 is 10.2. The highest BCUT2D eigenvalue weighted by molar-refractivity contribution is 5.70. The van der Waals surface area contributed by atoms with Crippen molar-refractivity contribution in [3.63, 3.8) is 0 Å². The van der Waals surface area contributed by atoms with Gasteiger partial charge in [-0.25, -0.2) is 0 Å². The lowest BCUT2D eigenvalue weighted by Gasteiger charge is -2.10. The van der Waals surface area contributed by atoms with E-state index in [9.17, 15) is 4.79 Å². The molecule has 0 saturated carbocycles. The molecule has 0 fully saturated rings.